The molecule has 0 saturated carbocycles. The summed E-state index contributed by atoms with van der Waals surface area (Å²) in [6.07, 6.45) is 1.19. The molecule has 1 aromatic carbocycles. The van der Waals surface area contributed by atoms with E-state index >= 15 is 0 Å². The maximum Gasteiger partial charge on any atom is 0.134 e. The van der Waals surface area contributed by atoms with E-state index in [1.165, 1.54) is 19.3 Å². The van der Waals surface area contributed by atoms with Gasteiger partial charge in [-0.25, -0.2) is 4.39 Å². The monoisotopic (exact) mass is 151 g/mol. The summed E-state index contributed by atoms with van der Waals surface area (Å²) in [7, 11) is 1.47. The van der Waals surface area contributed by atoms with Crippen LogP contribution in [0.3, 0.4) is 0 Å². The topological polar surface area (TPSA) is 9.23 Å². The summed E-state index contributed by atoms with van der Waals surface area (Å²) < 4.78 is 17.7. The van der Waals surface area contributed by atoms with Crippen LogP contribution in [0.25, 0.3) is 6.08 Å². The lowest BCUT2D eigenvalue weighted by molar-refractivity contribution is 0.410. The van der Waals surface area contributed by atoms with E-state index in [1.807, 2.05) is 0 Å². The quantitative estimate of drug-likeness (QED) is 0.630. The summed E-state index contributed by atoms with van der Waals surface area (Å²) in [5.74, 6) is 0.0827. The summed E-state index contributed by atoms with van der Waals surface area (Å²) in [6, 6.07) is 4.56. The normalized spacial score (nSPS) is 9.27. The van der Waals surface area contributed by atoms with Gasteiger partial charge in [-0.15, -0.1) is 0 Å². The molecule has 1 radical (unpaired) electrons. The predicted octanol–water partition coefficient (Wildman–Crippen LogP) is 2.28. The molecule has 2 heteroatoms. The van der Waals surface area contributed by atoms with Crippen LogP contribution in [0.2, 0.25) is 0 Å². The van der Waals surface area contributed by atoms with E-state index in [2.05, 4.69) is 0 Å². The van der Waals surface area contributed by atoms with Crippen LogP contribution in [0.15, 0.2) is 18.2 Å². The second kappa shape index (κ2) is 3.19. The summed E-state index contributed by atoms with van der Waals surface area (Å²) in [5.41, 5.74) is 0.301. The third kappa shape index (κ3) is 1.40. The Labute approximate surface area is 65.1 Å². The Morgan fingerprint density at radius 3 is 2.73 bits per heavy atom. The number of hydrogen-bond donors (Lipinski definition) is 0. The molecule has 0 amide bonds. The first-order valence-electron chi connectivity index (χ1n) is 3.17. The largest absolute Gasteiger partial charge is 0.496 e. The molecule has 11 heavy (non-hydrogen) atoms. The van der Waals surface area contributed by atoms with Crippen molar-refractivity contribution >= 4 is 6.08 Å². The summed E-state index contributed by atoms with van der Waals surface area (Å²) in [5, 5.41) is 0. The lowest BCUT2D eigenvalue weighted by Gasteiger charge is -2.03. The molecule has 0 atom stereocenters. The van der Waals surface area contributed by atoms with Crippen molar-refractivity contribution in [1.29, 1.82) is 0 Å². The van der Waals surface area contributed by atoms with Crippen molar-refractivity contribution < 1.29 is 9.13 Å². The first kappa shape index (κ1) is 7.79. The molecule has 1 rings (SSSR count). The van der Waals surface area contributed by atoms with Crippen LogP contribution in [-0.2, 0) is 0 Å². The van der Waals surface area contributed by atoms with Gasteiger partial charge in [0.05, 0.1) is 12.7 Å². The minimum atomic E-state index is -0.369. The highest BCUT2D eigenvalue weighted by Crippen LogP contribution is 2.21. The van der Waals surface area contributed by atoms with E-state index in [0.717, 1.165) is 0 Å². The van der Waals surface area contributed by atoms with Gasteiger partial charge in [-0.2, -0.15) is 0 Å². The molecule has 0 unspecified atom stereocenters. The molecular formula is C9H8FO. The molecule has 0 heterocycles. The number of halogens is 1. The van der Waals surface area contributed by atoms with Crippen molar-refractivity contribution in [3.63, 3.8) is 0 Å². The molecule has 0 spiro atoms. The van der Waals surface area contributed by atoms with E-state index in [0.29, 0.717) is 11.3 Å². The van der Waals surface area contributed by atoms with Gasteiger partial charge in [0.2, 0.25) is 0 Å². The molecule has 0 aliphatic carbocycles. The lowest BCUT2D eigenvalue weighted by atomic mass is 10.2. The molecule has 0 fully saturated rings. The smallest absolute Gasteiger partial charge is 0.134 e. The van der Waals surface area contributed by atoms with E-state index in [1.54, 1.807) is 12.1 Å². The van der Waals surface area contributed by atoms with Crippen LogP contribution >= 0.6 is 0 Å². The zero-order chi connectivity index (χ0) is 8.27. The number of rotatable bonds is 2. The predicted molar refractivity (Wildman–Crippen MR) is 41.7 cm³/mol. The molecule has 57 valence electrons. The molecule has 0 aliphatic rings. The van der Waals surface area contributed by atoms with Gasteiger partial charge < -0.3 is 4.74 Å². The zero-order valence-corrected chi connectivity index (χ0v) is 6.17. The van der Waals surface area contributed by atoms with Crippen molar-refractivity contribution in [1.82, 2.24) is 0 Å². The van der Waals surface area contributed by atoms with Crippen LogP contribution in [0, 0.1) is 12.4 Å². The van der Waals surface area contributed by atoms with Crippen LogP contribution in [-0.4, -0.2) is 7.11 Å². The van der Waals surface area contributed by atoms with Gasteiger partial charge in [-0.05, 0) is 18.2 Å². The van der Waals surface area contributed by atoms with E-state index in [-0.39, 0.29) is 5.82 Å². The second-order valence-electron chi connectivity index (χ2n) is 2.02. The third-order valence-electron chi connectivity index (χ3n) is 1.40. The highest BCUT2D eigenvalue weighted by Gasteiger charge is 2.03. The average molecular weight is 151 g/mol. The number of methoxy groups -OCH3 is 1. The fourth-order valence-corrected chi connectivity index (χ4v) is 0.857. The van der Waals surface area contributed by atoms with Crippen molar-refractivity contribution in [3.8, 4) is 5.75 Å². The van der Waals surface area contributed by atoms with Crippen LogP contribution in [0.1, 0.15) is 5.56 Å². The molecule has 0 bridgehead atoms. The van der Waals surface area contributed by atoms with Gasteiger partial charge >= 0.3 is 0 Å². The lowest BCUT2D eigenvalue weighted by Crippen LogP contribution is -1.89. The SMILES string of the molecule is [CH]=Cc1c(F)cccc1OC. The van der Waals surface area contributed by atoms with Gasteiger partial charge in [-0.3, -0.25) is 0 Å². The fraction of sp³-hybridized carbons (Fsp3) is 0.111. The first-order valence-corrected chi connectivity index (χ1v) is 3.17. The Hall–Kier alpha value is -1.31. The van der Waals surface area contributed by atoms with Crippen LogP contribution in [0.4, 0.5) is 4.39 Å². The van der Waals surface area contributed by atoms with Gasteiger partial charge in [-0.1, -0.05) is 12.6 Å². The van der Waals surface area contributed by atoms with Crippen molar-refractivity contribution in [2.75, 3.05) is 7.11 Å². The Kier molecular flexibility index (Phi) is 2.26. The summed E-state index contributed by atoms with van der Waals surface area (Å²) in [4.78, 5) is 0. The molecule has 0 aromatic heterocycles. The van der Waals surface area contributed by atoms with E-state index in [4.69, 9.17) is 11.3 Å². The Balaban J connectivity index is 3.24. The van der Waals surface area contributed by atoms with E-state index < -0.39 is 0 Å². The molecule has 1 aromatic rings. The van der Waals surface area contributed by atoms with Gasteiger partial charge in [0.1, 0.15) is 11.6 Å². The number of benzene rings is 1. The number of ether oxygens (including phenoxy) is 1. The Morgan fingerprint density at radius 1 is 1.55 bits per heavy atom. The maximum atomic E-state index is 12.8. The van der Waals surface area contributed by atoms with Gasteiger partial charge in [0, 0.05) is 0 Å². The van der Waals surface area contributed by atoms with Gasteiger partial charge in [0.25, 0.3) is 0 Å². The van der Waals surface area contributed by atoms with Crippen LogP contribution in [0.5, 0.6) is 5.75 Å². The summed E-state index contributed by atoms with van der Waals surface area (Å²) in [6.45, 7) is 5.18. The van der Waals surface area contributed by atoms with Crippen molar-refractivity contribution in [3.05, 3.63) is 36.2 Å². The average Bonchev–Trinajstić information content (AvgIpc) is 2.04. The van der Waals surface area contributed by atoms with Gasteiger partial charge in [0.15, 0.2) is 0 Å². The van der Waals surface area contributed by atoms with Crippen LogP contribution < -0.4 is 4.74 Å². The fourth-order valence-electron chi connectivity index (χ4n) is 0.857. The highest BCUT2D eigenvalue weighted by molar-refractivity contribution is 5.55. The van der Waals surface area contributed by atoms with Crippen molar-refractivity contribution in [2.45, 2.75) is 0 Å². The molecule has 0 N–H and O–H groups in total. The molecule has 1 nitrogen and oxygen atoms in total. The second-order valence-corrected chi connectivity index (χ2v) is 2.02. The molecule has 0 aliphatic heterocycles. The standard InChI is InChI=1S/C9H8FO/c1-3-7-8(10)5-4-6-9(7)11-2/h1,3-6H,2H3. The highest BCUT2D eigenvalue weighted by atomic mass is 19.1. The minimum absolute atomic E-state index is 0.301. The minimum Gasteiger partial charge on any atom is -0.496 e. The first-order chi connectivity index (χ1) is 5.29. The summed E-state index contributed by atoms with van der Waals surface area (Å²) >= 11 is 0. The molecular weight excluding hydrogens is 143 g/mol. The Morgan fingerprint density at radius 2 is 2.27 bits per heavy atom. The zero-order valence-electron chi connectivity index (χ0n) is 6.17. The third-order valence-corrected chi connectivity index (χ3v) is 1.40. The van der Waals surface area contributed by atoms with Crippen molar-refractivity contribution in [2.24, 2.45) is 0 Å². The van der Waals surface area contributed by atoms with E-state index in [9.17, 15) is 4.39 Å². The number of hydrogen-bond acceptors (Lipinski definition) is 1. The molecule has 0 saturated heterocycles. The Bertz CT molecular complexity index is 268. The maximum absolute atomic E-state index is 12.8.